The molecule has 0 N–H and O–H groups in total. The molecular formula is C20H20N2O. The van der Waals surface area contributed by atoms with Crippen LogP contribution in [-0.4, -0.2) is 21.9 Å². The third kappa shape index (κ3) is 2.52. The molecule has 3 aromatic rings. The van der Waals surface area contributed by atoms with Crippen LogP contribution in [0.4, 0.5) is 0 Å². The number of aromatic nitrogens is 1. The Hall–Kier alpha value is -2.55. The number of hydrogen-bond donors (Lipinski definition) is 0. The fraction of sp³-hybridized carbons (Fsp3) is 0.250. The van der Waals surface area contributed by atoms with Gasteiger partial charge in [-0.15, -0.1) is 0 Å². The van der Waals surface area contributed by atoms with Crippen molar-refractivity contribution in [3.63, 3.8) is 0 Å². The summed E-state index contributed by atoms with van der Waals surface area (Å²) in [6, 6.07) is 18.9. The van der Waals surface area contributed by atoms with E-state index in [0.29, 0.717) is 6.42 Å². The number of fused-ring (bicyclic) bond motifs is 2. The fourth-order valence-electron chi connectivity index (χ4n) is 3.54. The summed E-state index contributed by atoms with van der Waals surface area (Å²) in [5.41, 5.74) is 2.31. The van der Waals surface area contributed by atoms with Gasteiger partial charge in [0.2, 0.25) is 5.91 Å². The van der Waals surface area contributed by atoms with Crippen LogP contribution in [0.1, 0.15) is 24.2 Å². The third-order valence-corrected chi connectivity index (χ3v) is 4.83. The maximum atomic E-state index is 12.8. The summed E-state index contributed by atoms with van der Waals surface area (Å²) >= 11 is 0. The van der Waals surface area contributed by atoms with Crippen molar-refractivity contribution < 1.29 is 4.79 Å². The zero-order chi connectivity index (χ0) is 15.8. The zero-order valence-electron chi connectivity index (χ0n) is 13.3. The minimum absolute atomic E-state index is 0.145. The molecule has 1 atom stereocenters. The Bertz CT molecular complexity index is 865. The molecule has 1 aromatic heterocycles. The van der Waals surface area contributed by atoms with Crippen molar-refractivity contribution in [3.05, 3.63) is 72.1 Å². The topological polar surface area (TPSA) is 25.2 Å². The molecule has 0 radical (unpaired) electrons. The highest BCUT2D eigenvalue weighted by Gasteiger charge is 2.27. The third-order valence-electron chi connectivity index (χ3n) is 4.83. The van der Waals surface area contributed by atoms with Gasteiger partial charge in [-0.3, -0.25) is 4.79 Å². The van der Waals surface area contributed by atoms with Crippen molar-refractivity contribution >= 4 is 16.7 Å². The van der Waals surface area contributed by atoms with Crippen LogP contribution >= 0.6 is 0 Å². The van der Waals surface area contributed by atoms with E-state index in [1.165, 1.54) is 16.5 Å². The molecule has 1 aliphatic heterocycles. The van der Waals surface area contributed by atoms with Gasteiger partial charge in [0.15, 0.2) is 0 Å². The van der Waals surface area contributed by atoms with Gasteiger partial charge in [-0.1, -0.05) is 42.5 Å². The van der Waals surface area contributed by atoms with Gasteiger partial charge in [-0.25, -0.2) is 0 Å². The lowest BCUT2D eigenvalue weighted by molar-refractivity contribution is -0.133. The van der Waals surface area contributed by atoms with E-state index in [4.69, 9.17) is 0 Å². The number of carbonyl (C=O) groups excluding carboxylic acids is 1. The Morgan fingerprint density at radius 3 is 2.74 bits per heavy atom. The lowest BCUT2D eigenvalue weighted by Crippen LogP contribution is -2.41. The first-order chi connectivity index (χ1) is 11.2. The molecule has 2 aromatic carbocycles. The van der Waals surface area contributed by atoms with E-state index in [2.05, 4.69) is 60.2 Å². The molecule has 0 saturated carbocycles. The van der Waals surface area contributed by atoms with Gasteiger partial charge in [-0.05, 0) is 35.4 Å². The van der Waals surface area contributed by atoms with Crippen molar-refractivity contribution in [3.8, 4) is 0 Å². The summed E-state index contributed by atoms with van der Waals surface area (Å²) in [6.45, 7) is 3.79. The zero-order valence-corrected chi connectivity index (χ0v) is 13.3. The highest BCUT2D eigenvalue weighted by Crippen LogP contribution is 2.26. The predicted molar refractivity (Wildman–Crippen MR) is 92.2 cm³/mol. The fourth-order valence-corrected chi connectivity index (χ4v) is 3.54. The molecule has 1 amide bonds. The molecule has 0 saturated heterocycles. The average Bonchev–Trinajstić information content (AvgIpc) is 3.04. The van der Waals surface area contributed by atoms with Crippen LogP contribution in [0.25, 0.3) is 10.8 Å². The van der Waals surface area contributed by atoms with Crippen molar-refractivity contribution in [2.24, 2.45) is 0 Å². The molecule has 0 aliphatic carbocycles. The van der Waals surface area contributed by atoms with E-state index in [-0.39, 0.29) is 11.9 Å². The highest BCUT2D eigenvalue weighted by molar-refractivity contribution is 5.85. The van der Waals surface area contributed by atoms with Gasteiger partial charge in [0, 0.05) is 25.0 Å². The molecule has 3 heteroatoms. The van der Waals surface area contributed by atoms with E-state index >= 15 is 0 Å². The van der Waals surface area contributed by atoms with Crippen LogP contribution in [-0.2, 0) is 17.8 Å². The van der Waals surface area contributed by atoms with Gasteiger partial charge >= 0.3 is 0 Å². The van der Waals surface area contributed by atoms with Crippen molar-refractivity contribution in [2.75, 3.05) is 6.54 Å². The Labute approximate surface area is 136 Å². The quantitative estimate of drug-likeness (QED) is 0.707. The molecular weight excluding hydrogens is 284 g/mol. The maximum absolute atomic E-state index is 12.8. The largest absolute Gasteiger partial charge is 0.348 e. The molecule has 3 nitrogen and oxygen atoms in total. The maximum Gasteiger partial charge on any atom is 0.227 e. The van der Waals surface area contributed by atoms with Crippen molar-refractivity contribution in [1.29, 1.82) is 0 Å². The minimum Gasteiger partial charge on any atom is -0.348 e. The summed E-state index contributed by atoms with van der Waals surface area (Å²) in [5.74, 6) is 0.209. The first-order valence-electron chi connectivity index (χ1n) is 8.14. The summed E-state index contributed by atoms with van der Waals surface area (Å²) in [7, 11) is 0. The molecule has 4 rings (SSSR count). The Morgan fingerprint density at radius 2 is 1.87 bits per heavy atom. The van der Waals surface area contributed by atoms with Gasteiger partial charge in [-0.2, -0.15) is 0 Å². The van der Waals surface area contributed by atoms with E-state index < -0.39 is 0 Å². The molecule has 2 heterocycles. The smallest absolute Gasteiger partial charge is 0.227 e. The minimum atomic E-state index is 0.145. The van der Waals surface area contributed by atoms with Crippen LogP contribution in [0.2, 0.25) is 0 Å². The standard InChI is InChI=1S/C20H20N2O/c1-15-19-7-4-10-21(19)11-12-22(15)20(23)14-16-8-9-17-5-2-3-6-18(17)13-16/h2-10,13,15H,11-12,14H2,1H3/t15-/m1/s1. The number of nitrogens with zero attached hydrogens (tertiary/aromatic N) is 2. The lowest BCUT2D eigenvalue weighted by atomic mass is 10.0. The van der Waals surface area contributed by atoms with Crippen LogP contribution < -0.4 is 0 Å². The molecule has 1 aliphatic rings. The second-order valence-corrected chi connectivity index (χ2v) is 6.25. The Balaban J connectivity index is 1.55. The monoisotopic (exact) mass is 304 g/mol. The van der Waals surface area contributed by atoms with Gasteiger partial charge in [0.25, 0.3) is 0 Å². The van der Waals surface area contributed by atoms with Gasteiger partial charge < -0.3 is 9.47 Å². The SMILES string of the molecule is C[C@@H]1c2cccn2CCN1C(=O)Cc1ccc2ccccc2c1. The number of rotatable bonds is 2. The van der Waals surface area contributed by atoms with Crippen molar-refractivity contribution in [1.82, 2.24) is 9.47 Å². The summed E-state index contributed by atoms with van der Waals surface area (Å²) < 4.78 is 2.24. The molecule has 0 spiro atoms. The highest BCUT2D eigenvalue weighted by atomic mass is 16.2. The Kier molecular flexibility index (Phi) is 3.41. The first-order valence-corrected chi connectivity index (χ1v) is 8.14. The number of benzene rings is 2. The second kappa shape index (κ2) is 5.58. The summed E-state index contributed by atoms with van der Waals surface area (Å²) in [4.78, 5) is 14.8. The summed E-state index contributed by atoms with van der Waals surface area (Å²) in [5, 5.41) is 2.41. The predicted octanol–water partition coefficient (Wildman–Crippen LogP) is 3.79. The number of hydrogen-bond acceptors (Lipinski definition) is 1. The molecule has 0 fully saturated rings. The number of carbonyl (C=O) groups is 1. The molecule has 0 unspecified atom stereocenters. The average molecular weight is 304 g/mol. The van der Waals surface area contributed by atoms with Gasteiger partial charge in [0.1, 0.15) is 0 Å². The van der Waals surface area contributed by atoms with E-state index in [1.54, 1.807) is 0 Å². The lowest BCUT2D eigenvalue weighted by Gasteiger charge is -2.35. The summed E-state index contributed by atoms with van der Waals surface area (Å²) in [6.07, 6.45) is 2.56. The number of amides is 1. The van der Waals surface area contributed by atoms with E-state index in [1.807, 2.05) is 17.0 Å². The van der Waals surface area contributed by atoms with Crippen LogP contribution in [0.3, 0.4) is 0 Å². The normalized spacial score (nSPS) is 17.3. The molecule has 23 heavy (non-hydrogen) atoms. The van der Waals surface area contributed by atoms with E-state index in [0.717, 1.165) is 18.7 Å². The van der Waals surface area contributed by atoms with Gasteiger partial charge in [0.05, 0.1) is 12.5 Å². The molecule has 0 bridgehead atoms. The van der Waals surface area contributed by atoms with E-state index in [9.17, 15) is 4.79 Å². The van der Waals surface area contributed by atoms with Crippen LogP contribution in [0, 0.1) is 0 Å². The first kappa shape index (κ1) is 14.1. The van der Waals surface area contributed by atoms with Crippen LogP contribution in [0.15, 0.2) is 60.8 Å². The molecule has 116 valence electrons. The van der Waals surface area contributed by atoms with Crippen molar-refractivity contribution in [2.45, 2.75) is 25.9 Å². The second-order valence-electron chi connectivity index (χ2n) is 6.25. The van der Waals surface area contributed by atoms with Crippen LogP contribution in [0.5, 0.6) is 0 Å². The Morgan fingerprint density at radius 1 is 1.04 bits per heavy atom.